The molecule has 5 nitrogen and oxygen atoms in total. The van der Waals surface area contributed by atoms with Gasteiger partial charge in [-0.1, -0.05) is 29.8 Å². The third kappa shape index (κ3) is 2.59. The van der Waals surface area contributed by atoms with Gasteiger partial charge >= 0.3 is 0 Å². The molecule has 2 N–H and O–H groups in total. The minimum atomic E-state index is -0.489. The molecule has 2 amide bonds. The van der Waals surface area contributed by atoms with Gasteiger partial charge in [0.05, 0.1) is 5.41 Å². The van der Waals surface area contributed by atoms with Gasteiger partial charge < -0.3 is 4.90 Å². The van der Waals surface area contributed by atoms with Gasteiger partial charge in [0.2, 0.25) is 5.91 Å². The first-order chi connectivity index (χ1) is 12.5. The van der Waals surface area contributed by atoms with Crippen LogP contribution >= 0.6 is 0 Å². The smallest absolute Gasteiger partial charge is 0.274 e. The first kappa shape index (κ1) is 16.8. The molecule has 2 aromatic rings. The number of fused-ring (bicyclic) bond motifs is 1. The SMILES string of the molecule is Cc1ccc(N2CCC3(CCc4c(cccc4C(=O)NO)C3)C2=O)cc1. The Morgan fingerprint density at radius 1 is 1.15 bits per heavy atom. The number of amides is 2. The molecule has 1 fully saturated rings. The topological polar surface area (TPSA) is 69.6 Å². The summed E-state index contributed by atoms with van der Waals surface area (Å²) in [4.78, 5) is 27.0. The first-order valence-corrected chi connectivity index (χ1v) is 8.98. The number of nitrogens with one attached hydrogen (secondary N) is 1. The number of rotatable bonds is 2. The van der Waals surface area contributed by atoms with E-state index in [4.69, 9.17) is 5.21 Å². The van der Waals surface area contributed by atoms with Crippen LogP contribution in [-0.2, 0) is 17.6 Å². The molecule has 2 aromatic carbocycles. The molecule has 4 rings (SSSR count). The lowest BCUT2D eigenvalue weighted by molar-refractivity contribution is -0.126. The van der Waals surface area contributed by atoms with E-state index in [-0.39, 0.29) is 11.3 Å². The van der Waals surface area contributed by atoms with Crippen molar-refractivity contribution in [3.63, 3.8) is 0 Å². The van der Waals surface area contributed by atoms with Crippen LogP contribution in [0.2, 0.25) is 0 Å². The van der Waals surface area contributed by atoms with Gasteiger partial charge in [0, 0.05) is 17.8 Å². The predicted molar refractivity (Wildman–Crippen MR) is 98.3 cm³/mol. The Labute approximate surface area is 152 Å². The highest BCUT2D eigenvalue weighted by molar-refractivity contribution is 6.01. The molecule has 1 spiro atoms. The van der Waals surface area contributed by atoms with Crippen molar-refractivity contribution >= 4 is 17.5 Å². The molecule has 0 saturated carbocycles. The average Bonchev–Trinajstić information content (AvgIpc) is 2.97. The molecular weight excluding hydrogens is 328 g/mol. The Hall–Kier alpha value is -2.66. The van der Waals surface area contributed by atoms with Crippen molar-refractivity contribution < 1.29 is 14.8 Å². The van der Waals surface area contributed by atoms with Crippen LogP contribution in [-0.4, -0.2) is 23.6 Å². The maximum atomic E-state index is 13.3. The fraction of sp³-hybridized carbons (Fsp3) is 0.333. The molecule has 1 saturated heterocycles. The monoisotopic (exact) mass is 350 g/mol. The summed E-state index contributed by atoms with van der Waals surface area (Å²) < 4.78 is 0. The summed E-state index contributed by atoms with van der Waals surface area (Å²) >= 11 is 0. The Morgan fingerprint density at radius 2 is 1.92 bits per heavy atom. The van der Waals surface area contributed by atoms with Crippen molar-refractivity contribution in [2.45, 2.75) is 32.6 Å². The second-order valence-electron chi connectivity index (χ2n) is 7.38. The van der Waals surface area contributed by atoms with Crippen LogP contribution in [0.1, 0.15) is 39.9 Å². The van der Waals surface area contributed by atoms with E-state index < -0.39 is 5.91 Å². The van der Waals surface area contributed by atoms with Crippen molar-refractivity contribution in [1.82, 2.24) is 5.48 Å². The predicted octanol–water partition coefficient (Wildman–Crippen LogP) is 3.03. The Balaban J connectivity index is 1.63. The number of anilines is 1. The van der Waals surface area contributed by atoms with Crippen LogP contribution in [0.5, 0.6) is 0 Å². The van der Waals surface area contributed by atoms with Crippen molar-refractivity contribution in [3.8, 4) is 0 Å². The lowest BCUT2D eigenvalue weighted by atomic mass is 9.69. The summed E-state index contributed by atoms with van der Waals surface area (Å²) in [6, 6.07) is 13.6. The fourth-order valence-corrected chi connectivity index (χ4v) is 4.37. The number of aryl methyl sites for hydroxylation is 1. The van der Waals surface area contributed by atoms with Crippen LogP contribution in [0.4, 0.5) is 5.69 Å². The number of nitrogens with zero attached hydrogens (tertiary/aromatic N) is 1. The summed E-state index contributed by atoms with van der Waals surface area (Å²) in [5.74, 6) is -0.305. The summed E-state index contributed by atoms with van der Waals surface area (Å²) in [6.45, 7) is 2.77. The van der Waals surface area contributed by atoms with Crippen molar-refractivity contribution in [2.75, 3.05) is 11.4 Å². The summed E-state index contributed by atoms with van der Waals surface area (Å²) in [5.41, 5.74) is 5.96. The normalized spacial score (nSPS) is 21.8. The molecule has 1 unspecified atom stereocenters. The number of carbonyl (C=O) groups excluding carboxylic acids is 2. The molecule has 26 heavy (non-hydrogen) atoms. The summed E-state index contributed by atoms with van der Waals surface area (Å²) in [5, 5.41) is 8.96. The van der Waals surface area contributed by atoms with Crippen LogP contribution in [0, 0.1) is 12.3 Å². The standard InChI is InChI=1S/C21H22N2O3/c1-14-5-7-16(8-6-14)23-12-11-21(20(23)25)10-9-17-15(13-21)3-2-4-18(17)19(24)22-26/h2-8,26H,9-13H2,1H3,(H,22,24). The van der Waals surface area contributed by atoms with E-state index in [9.17, 15) is 9.59 Å². The number of hydroxylamine groups is 1. The van der Waals surface area contributed by atoms with Crippen LogP contribution in [0.3, 0.4) is 0 Å². The molecule has 1 aliphatic heterocycles. The van der Waals surface area contributed by atoms with E-state index in [1.54, 1.807) is 11.5 Å². The van der Waals surface area contributed by atoms with Gasteiger partial charge in [-0.3, -0.25) is 14.8 Å². The van der Waals surface area contributed by atoms with E-state index in [0.717, 1.165) is 36.2 Å². The first-order valence-electron chi connectivity index (χ1n) is 8.98. The lowest BCUT2D eigenvalue weighted by Crippen LogP contribution is -2.39. The van der Waals surface area contributed by atoms with E-state index in [1.165, 1.54) is 5.56 Å². The number of carbonyl (C=O) groups is 2. The number of hydrogen-bond donors (Lipinski definition) is 2. The van der Waals surface area contributed by atoms with E-state index in [0.29, 0.717) is 18.4 Å². The summed E-state index contributed by atoms with van der Waals surface area (Å²) in [6.07, 6.45) is 2.88. The van der Waals surface area contributed by atoms with Crippen LogP contribution in [0.15, 0.2) is 42.5 Å². The molecule has 1 heterocycles. The number of hydrogen-bond acceptors (Lipinski definition) is 3. The molecule has 1 aliphatic carbocycles. The Kier molecular flexibility index (Phi) is 4.04. The lowest BCUT2D eigenvalue weighted by Gasteiger charge is -2.34. The largest absolute Gasteiger partial charge is 0.312 e. The molecule has 2 aliphatic rings. The zero-order valence-corrected chi connectivity index (χ0v) is 14.8. The van der Waals surface area contributed by atoms with Gasteiger partial charge in [-0.15, -0.1) is 0 Å². The minimum Gasteiger partial charge on any atom is -0.312 e. The molecule has 0 aromatic heterocycles. The molecule has 0 radical (unpaired) electrons. The molecule has 1 atom stereocenters. The summed E-state index contributed by atoms with van der Waals surface area (Å²) in [7, 11) is 0. The second kappa shape index (κ2) is 6.25. The zero-order chi connectivity index (χ0) is 18.3. The number of benzene rings is 2. The molecule has 134 valence electrons. The van der Waals surface area contributed by atoms with Crippen molar-refractivity contribution in [2.24, 2.45) is 5.41 Å². The van der Waals surface area contributed by atoms with Gasteiger partial charge in [0.15, 0.2) is 0 Å². The highest BCUT2D eigenvalue weighted by Gasteiger charge is 2.48. The van der Waals surface area contributed by atoms with E-state index >= 15 is 0 Å². The Morgan fingerprint density at radius 3 is 2.65 bits per heavy atom. The van der Waals surface area contributed by atoms with E-state index in [2.05, 4.69) is 0 Å². The highest BCUT2D eigenvalue weighted by Crippen LogP contribution is 2.45. The zero-order valence-electron chi connectivity index (χ0n) is 14.8. The van der Waals surface area contributed by atoms with Gasteiger partial charge in [-0.05, 0) is 61.9 Å². The molecule has 5 heteroatoms. The van der Waals surface area contributed by atoms with Gasteiger partial charge in [-0.25, -0.2) is 5.48 Å². The highest BCUT2D eigenvalue weighted by atomic mass is 16.5. The van der Waals surface area contributed by atoms with Gasteiger partial charge in [0.25, 0.3) is 5.91 Å². The van der Waals surface area contributed by atoms with E-state index in [1.807, 2.05) is 48.2 Å². The van der Waals surface area contributed by atoms with Gasteiger partial charge in [-0.2, -0.15) is 0 Å². The molecule has 0 bridgehead atoms. The van der Waals surface area contributed by atoms with Crippen LogP contribution < -0.4 is 10.4 Å². The molecular formula is C21H22N2O3. The van der Waals surface area contributed by atoms with Crippen molar-refractivity contribution in [3.05, 3.63) is 64.7 Å². The fourth-order valence-electron chi connectivity index (χ4n) is 4.37. The quantitative estimate of drug-likeness (QED) is 0.646. The average molecular weight is 350 g/mol. The Bertz CT molecular complexity index is 875. The van der Waals surface area contributed by atoms with Crippen LogP contribution in [0.25, 0.3) is 0 Å². The minimum absolute atomic E-state index is 0.184. The van der Waals surface area contributed by atoms with Gasteiger partial charge in [0.1, 0.15) is 0 Å². The maximum absolute atomic E-state index is 13.3. The maximum Gasteiger partial charge on any atom is 0.274 e. The van der Waals surface area contributed by atoms with Crippen molar-refractivity contribution in [1.29, 1.82) is 0 Å². The second-order valence-corrected chi connectivity index (χ2v) is 7.38. The third-order valence-electron chi connectivity index (χ3n) is 5.86. The third-order valence-corrected chi connectivity index (χ3v) is 5.86.